The maximum absolute atomic E-state index is 5.54. The lowest BCUT2D eigenvalue weighted by Gasteiger charge is -2.23. The molecule has 120 valence electrons. The number of rotatable bonds is 3. The minimum absolute atomic E-state index is 0.179. The van der Waals surface area contributed by atoms with Gasteiger partial charge in [0.05, 0.1) is 6.10 Å². The van der Waals surface area contributed by atoms with Crippen LogP contribution in [0.25, 0.3) is 5.57 Å². The highest BCUT2D eigenvalue weighted by molar-refractivity contribution is 5.90. The normalized spacial score (nSPS) is 22.5. The third-order valence-electron chi connectivity index (χ3n) is 5.06. The third-order valence-corrected chi connectivity index (χ3v) is 5.06. The zero-order chi connectivity index (χ0) is 16.5. The molecule has 2 aromatic carbocycles. The second-order valence-electron chi connectivity index (χ2n) is 6.59. The highest BCUT2D eigenvalue weighted by Gasteiger charge is 2.26. The minimum atomic E-state index is 0.179. The van der Waals surface area contributed by atoms with Gasteiger partial charge in [0.1, 0.15) is 0 Å². The van der Waals surface area contributed by atoms with Crippen LogP contribution in [-0.4, -0.2) is 13.2 Å². The number of fused-ring (bicyclic) bond motifs is 1. The fraction of sp³-hybridized carbons (Fsp3) is 0.217. The Labute approximate surface area is 144 Å². The zero-order valence-corrected chi connectivity index (χ0v) is 14.2. The molecule has 0 bridgehead atoms. The van der Waals surface area contributed by atoms with E-state index in [1.165, 1.54) is 33.4 Å². The van der Waals surface area contributed by atoms with E-state index in [9.17, 15) is 0 Å². The molecule has 2 unspecified atom stereocenters. The fourth-order valence-electron chi connectivity index (χ4n) is 3.84. The summed E-state index contributed by atoms with van der Waals surface area (Å²) in [6, 6.07) is 19.5. The van der Waals surface area contributed by atoms with Gasteiger partial charge in [-0.05, 0) is 39.8 Å². The molecule has 0 saturated carbocycles. The molecular formula is C23H22O. The van der Waals surface area contributed by atoms with E-state index in [-0.39, 0.29) is 6.10 Å². The first-order valence-corrected chi connectivity index (χ1v) is 8.58. The van der Waals surface area contributed by atoms with Gasteiger partial charge in [-0.25, -0.2) is 0 Å². The number of benzene rings is 2. The Morgan fingerprint density at radius 2 is 1.71 bits per heavy atom. The highest BCUT2D eigenvalue weighted by Crippen LogP contribution is 2.41. The molecule has 2 aliphatic carbocycles. The molecule has 2 aliphatic rings. The Hall–Kier alpha value is -2.38. The maximum Gasteiger partial charge on any atom is 0.0815 e. The molecule has 0 heterocycles. The molecule has 0 saturated heterocycles. The molecule has 2 aromatic rings. The Bertz CT molecular complexity index is 839. The van der Waals surface area contributed by atoms with Gasteiger partial charge in [0.15, 0.2) is 0 Å². The number of hydrogen-bond donors (Lipinski definition) is 0. The summed E-state index contributed by atoms with van der Waals surface area (Å²) in [6.07, 6.45) is 7.97. The smallest absolute Gasteiger partial charge is 0.0815 e. The lowest BCUT2D eigenvalue weighted by atomic mass is 9.88. The van der Waals surface area contributed by atoms with Gasteiger partial charge in [0, 0.05) is 13.0 Å². The van der Waals surface area contributed by atoms with Crippen LogP contribution in [0.4, 0.5) is 0 Å². The van der Waals surface area contributed by atoms with Crippen LogP contribution in [0, 0.1) is 5.92 Å². The summed E-state index contributed by atoms with van der Waals surface area (Å²) in [5.74, 6) is 0.392. The maximum atomic E-state index is 5.54. The summed E-state index contributed by atoms with van der Waals surface area (Å²) in [7, 11) is 1.78. The van der Waals surface area contributed by atoms with Crippen molar-refractivity contribution in [1.82, 2.24) is 0 Å². The van der Waals surface area contributed by atoms with Crippen LogP contribution >= 0.6 is 0 Å². The minimum Gasteiger partial charge on any atom is -0.377 e. The van der Waals surface area contributed by atoms with Gasteiger partial charge >= 0.3 is 0 Å². The van der Waals surface area contributed by atoms with Crippen LogP contribution in [0.5, 0.6) is 0 Å². The number of ether oxygens (including phenoxy) is 1. The van der Waals surface area contributed by atoms with Crippen LogP contribution in [-0.2, 0) is 11.2 Å². The van der Waals surface area contributed by atoms with Gasteiger partial charge in [-0.3, -0.25) is 0 Å². The predicted molar refractivity (Wildman–Crippen MR) is 99.8 cm³/mol. The molecule has 0 aliphatic heterocycles. The van der Waals surface area contributed by atoms with Gasteiger partial charge in [0.2, 0.25) is 0 Å². The Balaban J connectivity index is 1.85. The molecule has 0 aromatic heterocycles. The van der Waals surface area contributed by atoms with E-state index in [2.05, 4.69) is 79.7 Å². The monoisotopic (exact) mass is 314 g/mol. The number of hydrogen-bond acceptors (Lipinski definition) is 1. The fourth-order valence-corrected chi connectivity index (χ4v) is 3.84. The Morgan fingerprint density at radius 3 is 2.46 bits per heavy atom. The van der Waals surface area contributed by atoms with E-state index in [4.69, 9.17) is 4.74 Å². The van der Waals surface area contributed by atoms with Crippen LogP contribution in [0.1, 0.15) is 23.6 Å². The molecule has 4 rings (SSSR count). The molecule has 0 fully saturated rings. The van der Waals surface area contributed by atoms with Crippen molar-refractivity contribution in [3.63, 3.8) is 0 Å². The Morgan fingerprint density at radius 1 is 0.958 bits per heavy atom. The van der Waals surface area contributed by atoms with Crippen molar-refractivity contribution in [1.29, 1.82) is 0 Å². The van der Waals surface area contributed by atoms with E-state index < -0.39 is 0 Å². The second kappa shape index (κ2) is 6.26. The number of allylic oxidation sites excluding steroid dienone is 3. The zero-order valence-electron chi connectivity index (χ0n) is 14.2. The largest absolute Gasteiger partial charge is 0.377 e. The molecule has 1 nitrogen and oxygen atoms in total. The van der Waals surface area contributed by atoms with Crippen LogP contribution < -0.4 is 0 Å². The molecule has 0 amide bonds. The van der Waals surface area contributed by atoms with Crippen molar-refractivity contribution >= 4 is 5.57 Å². The van der Waals surface area contributed by atoms with Crippen molar-refractivity contribution in [3.8, 4) is 0 Å². The highest BCUT2D eigenvalue weighted by atomic mass is 16.5. The van der Waals surface area contributed by atoms with Crippen molar-refractivity contribution in [2.45, 2.75) is 19.4 Å². The molecule has 24 heavy (non-hydrogen) atoms. The summed E-state index contributed by atoms with van der Waals surface area (Å²) < 4.78 is 5.54. The quantitative estimate of drug-likeness (QED) is 0.757. The molecule has 0 spiro atoms. The van der Waals surface area contributed by atoms with Gasteiger partial charge < -0.3 is 4.74 Å². The lowest BCUT2D eigenvalue weighted by Crippen LogP contribution is -2.19. The summed E-state index contributed by atoms with van der Waals surface area (Å²) in [6.45, 7) is 2.22. The predicted octanol–water partition coefficient (Wildman–Crippen LogP) is 5.19. The standard InChI is InChI=1S/C23H22O/c1-16-14-19(12-13-22(16)24-2)21-15-18-10-6-7-11-20(18)23(21)17-8-4-3-5-9-17/h3-14,16,22H,15H2,1-2H3. The van der Waals surface area contributed by atoms with Crippen molar-refractivity contribution in [2.24, 2.45) is 5.92 Å². The van der Waals surface area contributed by atoms with E-state index in [1.807, 2.05) is 0 Å². The summed E-state index contributed by atoms with van der Waals surface area (Å²) in [4.78, 5) is 0. The topological polar surface area (TPSA) is 9.23 Å². The van der Waals surface area contributed by atoms with Gasteiger partial charge in [0.25, 0.3) is 0 Å². The van der Waals surface area contributed by atoms with Gasteiger partial charge in [-0.15, -0.1) is 0 Å². The van der Waals surface area contributed by atoms with Crippen LogP contribution in [0.3, 0.4) is 0 Å². The summed E-state index contributed by atoms with van der Waals surface area (Å²) in [5, 5.41) is 0. The summed E-state index contributed by atoms with van der Waals surface area (Å²) in [5.41, 5.74) is 8.24. The van der Waals surface area contributed by atoms with Gasteiger partial charge in [-0.1, -0.05) is 79.7 Å². The lowest BCUT2D eigenvalue weighted by molar-refractivity contribution is 0.111. The second-order valence-corrected chi connectivity index (χ2v) is 6.59. The number of methoxy groups -OCH3 is 1. The van der Waals surface area contributed by atoms with Gasteiger partial charge in [-0.2, -0.15) is 0 Å². The van der Waals surface area contributed by atoms with E-state index >= 15 is 0 Å². The van der Waals surface area contributed by atoms with E-state index in [0.29, 0.717) is 5.92 Å². The van der Waals surface area contributed by atoms with Crippen LogP contribution in [0.2, 0.25) is 0 Å². The first-order chi connectivity index (χ1) is 11.8. The molecule has 0 radical (unpaired) electrons. The van der Waals surface area contributed by atoms with Crippen LogP contribution in [0.15, 0.2) is 84.0 Å². The average molecular weight is 314 g/mol. The SMILES string of the molecule is COC1C=CC(C2=C(c3ccccc3)c3ccccc3C2)=CC1C. The molecule has 2 atom stereocenters. The first-order valence-electron chi connectivity index (χ1n) is 8.58. The first kappa shape index (κ1) is 15.2. The summed E-state index contributed by atoms with van der Waals surface area (Å²) >= 11 is 0. The molecule has 1 heteroatoms. The van der Waals surface area contributed by atoms with E-state index in [0.717, 1.165) is 6.42 Å². The van der Waals surface area contributed by atoms with Crippen molar-refractivity contribution < 1.29 is 4.74 Å². The third kappa shape index (κ3) is 2.55. The van der Waals surface area contributed by atoms with Crippen molar-refractivity contribution in [2.75, 3.05) is 7.11 Å². The molecular weight excluding hydrogens is 292 g/mol. The average Bonchev–Trinajstić information content (AvgIpc) is 3.02. The van der Waals surface area contributed by atoms with Crippen molar-refractivity contribution in [3.05, 3.63) is 101 Å². The molecule has 0 N–H and O–H groups in total. The Kier molecular flexibility index (Phi) is 3.95. The van der Waals surface area contributed by atoms with E-state index in [1.54, 1.807) is 7.11 Å².